The molecule has 0 bridgehead atoms. The minimum absolute atomic E-state index is 0.100. The molecule has 2 saturated heterocycles. The number of nitrogens with zero attached hydrogens (tertiary/aromatic N) is 3. The summed E-state index contributed by atoms with van der Waals surface area (Å²) in [5.41, 5.74) is 0.141. The van der Waals surface area contributed by atoms with Gasteiger partial charge in [-0.1, -0.05) is 11.6 Å². The molecule has 0 spiro atoms. The SMILES string of the molecule is O=c1c(Cl)c(NC[C@H]2CCCOC2)cnn1C1CCN(S(=O)(=O)c2ccc3c(c2)OCCO3)CC1. The van der Waals surface area contributed by atoms with Gasteiger partial charge in [0.1, 0.15) is 18.2 Å². The van der Waals surface area contributed by atoms with Gasteiger partial charge in [0.25, 0.3) is 5.56 Å². The molecule has 1 N–H and O–H groups in total. The van der Waals surface area contributed by atoms with Crippen LogP contribution in [0.4, 0.5) is 5.69 Å². The molecule has 2 aromatic rings. The predicted molar refractivity (Wildman–Crippen MR) is 130 cm³/mol. The highest BCUT2D eigenvalue weighted by Crippen LogP contribution is 2.34. The number of nitrogens with one attached hydrogen (secondary N) is 1. The Kier molecular flexibility index (Phi) is 7.19. The van der Waals surface area contributed by atoms with Gasteiger partial charge in [-0.25, -0.2) is 13.1 Å². The number of aromatic nitrogens is 2. The Morgan fingerprint density at radius 3 is 2.60 bits per heavy atom. The van der Waals surface area contributed by atoms with Crippen molar-refractivity contribution in [2.24, 2.45) is 5.92 Å². The molecule has 5 rings (SSSR count). The standard InChI is InChI=1S/C23H29ClN4O6S/c24-22-19(25-13-16-2-1-9-32-15-16)14-26-28(23(22)29)17-5-7-27(8-6-17)35(30,31)18-3-4-20-21(12-18)34-11-10-33-20/h3-4,12,14,16-17,25H,1-2,5-11,13,15H2/t16-/m1/s1. The maximum absolute atomic E-state index is 13.2. The highest BCUT2D eigenvalue weighted by atomic mass is 35.5. The van der Waals surface area contributed by atoms with Crippen molar-refractivity contribution in [3.63, 3.8) is 0 Å². The molecule has 4 heterocycles. The van der Waals surface area contributed by atoms with Gasteiger partial charge in [-0.15, -0.1) is 0 Å². The average molecular weight is 525 g/mol. The van der Waals surface area contributed by atoms with Crippen molar-refractivity contribution in [1.82, 2.24) is 14.1 Å². The summed E-state index contributed by atoms with van der Waals surface area (Å²) in [6, 6.07) is 4.43. The fourth-order valence-corrected chi connectivity index (χ4v) is 6.40. The van der Waals surface area contributed by atoms with E-state index in [2.05, 4.69) is 10.4 Å². The molecule has 190 valence electrons. The lowest BCUT2D eigenvalue weighted by Crippen LogP contribution is -2.41. The van der Waals surface area contributed by atoms with Crippen molar-refractivity contribution in [3.8, 4) is 11.5 Å². The van der Waals surface area contributed by atoms with Gasteiger partial charge < -0.3 is 19.5 Å². The molecule has 35 heavy (non-hydrogen) atoms. The second-order valence-corrected chi connectivity index (χ2v) is 11.3. The first-order chi connectivity index (χ1) is 16.9. The number of halogens is 1. The van der Waals surface area contributed by atoms with Crippen molar-refractivity contribution in [3.05, 3.63) is 39.8 Å². The largest absolute Gasteiger partial charge is 0.486 e. The quantitative estimate of drug-likeness (QED) is 0.613. The third-order valence-corrected chi connectivity index (χ3v) is 8.96. The number of sulfonamides is 1. The van der Waals surface area contributed by atoms with Crippen LogP contribution in [0.1, 0.15) is 31.7 Å². The third kappa shape index (κ3) is 5.13. The van der Waals surface area contributed by atoms with Crippen LogP contribution in [-0.2, 0) is 14.8 Å². The first kappa shape index (κ1) is 24.4. The van der Waals surface area contributed by atoms with Gasteiger partial charge in [0.15, 0.2) is 11.5 Å². The molecule has 0 radical (unpaired) electrons. The van der Waals surface area contributed by atoms with Crippen LogP contribution in [0.3, 0.4) is 0 Å². The molecule has 10 nitrogen and oxygen atoms in total. The van der Waals surface area contributed by atoms with E-state index in [9.17, 15) is 13.2 Å². The average Bonchev–Trinajstić information content (AvgIpc) is 2.90. The normalized spacial score (nSPS) is 21.6. The van der Waals surface area contributed by atoms with E-state index in [-0.39, 0.29) is 34.6 Å². The molecule has 0 amide bonds. The fourth-order valence-electron chi connectivity index (χ4n) is 4.71. The Bertz CT molecular complexity index is 1220. The van der Waals surface area contributed by atoms with Crippen molar-refractivity contribution in [1.29, 1.82) is 0 Å². The molecule has 0 unspecified atom stereocenters. The van der Waals surface area contributed by atoms with Crippen LogP contribution in [0, 0.1) is 5.92 Å². The number of fused-ring (bicyclic) bond motifs is 1. The van der Waals surface area contributed by atoms with E-state index in [0.717, 1.165) is 19.4 Å². The zero-order chi connectivity index (χ0) is 24.4. The zero-order valence-electron chi connectivity index (χ0n) is 19.3. The topological polar surface area (TPSA) is 112 Å². The van der Waals surface area contributed by atoms with Gasteiger partial charge in [0.2, 0.25) is 10.0 Å². The van der Waals surface area contributed by atoms with Gasteiger partial charge in [0, 0.05) is 32.3 Å². The van der Waals surface area contributed by atoms with E-state index in [1.54, 1.807) is 12.3 Å². The molecule has 1 aromatic heterocycles. The second kappa shape index (κ2) is 10.3. The fraction of sp³-hybridized carbons (Fsp3) is 0.565. The number of piperidine rings is 1. The highest BCUT2D eigenvalue weighted by molar-refractivity contribution is 7.89. The van der Waals surface area contributed by atoms with Crippen molar-refractivity contribution < 1.29 is 22.6 Å². The van der Waals surface area contributed by atoms with E-state index in [1.165, 1.54) is 21.1 Å². The summed E-state index contributed by atoms with van der Waals surface area (Å²) in [6.07, 6.45) is 4.59. The smallest absolute Gasteiger partial charge is 0.287 e. The summed E-state index contributed by atoms with van der Waals surface area (Å²) >= 11 is 6.38. The third-order valence-electron chi connectivity index (χ3n) is 6.70. The van der Waals surface area contributed by atoms with Gasteiger partial charge in [-0.3, -0.25) is 4.79 Å². The first-order valence-electron chi connectivity index (χ1n) is 11.9. The minimum Gasteiger partial charge on any atom is -0.486 e. The molecule has 1 atom stereocenters. The minimum atomic E-state index is -3.70. The first-order valence-corrected chi connectivity index (χ1v) is 13.7. The molecule has 12 heteroatoms. The van der Waals surface area contributed by atoms with Crippen molar-refractivity contribution in [2.45, 2.75) is 36.6 Å². The van der Waals surface area contributed by atoms with Crippen LogP contribution >= 0.6 is 11.6 Å². The van der Waals surface area contributed by atoms with Gasteiger partial charge in [-0.2, -0.15) is 9.40 Å². The second-order valence-electron chi connectivity index (χ2n) is 9.03. The summed E-state index contributed by atoms with van der Waals surface area (Å²) in [6.45, 7) is 3.53. The van der Waals surface area contributed by atoms with Crippen LogP contribution in [0.15, 0.2) is 34.1 Å². The van der Waals surface area contributed by atoms with E-state index >= 15 is 0 Å². The molecule has 1 aromatic carbocycles. The monoisotopic (exact) mass is 524 g/mol. The molecular weight excluding hydrogens is 496 g/mol. The van der Waals surface area contributed by atoms with Gasteiger partial charge >= 0.3 is 0 Å². The molecule has 3 aliphatic heterocycles. The number of ether oxygens (including phenoxy) is 3. The van der Waals surface area contributed by atoms with Gasteiger partial charge in [-0.05, 0) is 43.7 Å². The van der Waals surface area contributed by atoms with Crippen molar-refractivity contribution >= 4 is 27.3 Å². The molecule has 0 saturated carbocycles. The predicted octanol–water partition coefficient (Wildman–Crippen LogP) is 2.53. The van der Waals surface area contributed by atoms with Gasteiger partial charge in [0.05, 0.1) is 29.4 Å². The lowest BCUT2D eigenvalue weighted by atomic mass is 10.0. The van der Waals surface area contributed by atoms with Crippen LogP contribution in [0.5, 0.6) is 11.5 Å². The maximum atomic E-state index is 13.2. The lowest BCUT2D eigenvalue weighted by molar-refractivity contribution is 0.0595. The van der Waals surface area contributed by atoms with Crippen LogP contribution in [0.2, 0.25) is 5.02 Å². The number of rotatable bonds is 6. The zero-order valence-corrected chi connectivity index (χ0v) is 20.9. The van der Waals surface area contributed by atoms with E-state index in [0.29, 0.717) is 62.3 Å². The summed E-state index contributed by atoms with van der Waals surface area (Å²) in [5, 5.41) is 7.67. The van der Waals surface area contributed by atoms with E-state index in [4.69, 9.17) is 25.8 Å². The summed E-state index contributed by atoms with van der Waals surface area (Å²) in [4.78, 5) is 13.1. The van der Waals surface area contributed by atoms with E-state index < -0.39 is 10.0 Å². The number of hydrogen-bond acceptors (Lipinski definition) is 8. The number of anilines is 1. The molecule has 3 aliphatic rings. The Hall–Kier alpha value is -2.34. The Morgan fingerprint density at radius 2 is 1.86 bits per heavy atom. The highest BCUT2D eigenvalue weighted by Gasteiger charge is 2.32. The number of hydrogen-bond donors (Lipinski definition) is 1. The number of benzene rings is 1. The van der Waals surface area contributed by atoms with E-state index in [1.807, 2.05) is 0 Å². The maximum Gasteiger partial charge on any atom is 0.287 e. The lowest BCUT2D eigenvalue weighted by Gasteiger charge is -2.32. The Morgan fingerprint density at radius 1 is 1.09 bits per heavy atom. The van der Waals surface area contributed by atoms with Crippen LogP contribution in [-0.4, -0.2) is 68.6 Å². The summed E-state index contributed by atoms with van der Waals surface area (Å²) < 4.78 is 45.7. The summed E-state index contributed by atoms with van der Waals surface area (Å²) in [5.74, 6) is 1.35. The Balaban J connectivity index is 1.23. The Labute approximate surface area is 209 Å². The van der Waals surface area contributed by atoms with Crippen LogP contribution in [0.25, 0.3) is 0 Å². The molecule has 2 fully saturated rings. The molecular formula is C23H29ClN4O6S. The van der Waals surface area contributed by atoms with Crippen molar-refractivity contribution in [2.75, 3.05) is 51.4 Å². The van der Waals surface area contributed by atoms with Crippen LogP contribution < -0.4 is 20.3 Å². The summed E-state index contributed by atoms with van der Waals surface area (Å²) in [7, 11) is -3.70. The molecule has 0 aliphatic carbocycles.